The molecule has 0 bridgehead atoms. The normalized spacial score (nSPS) is 48.1. The number of carbonyl (C=O) groups excluding carboxylic acids is 2. The van der Waals surface area contributed by atoms with Gasteiger partial charge >= 0.3 is 5.97 Å². The molecule has 4 saturated carbocycles. The van der Waals surface area contributed by atoms with Gasteiger partial charge in [0.1, 0.15) is 11.9 Å². The highest BCUT2D eigenvalue weighted by Gasteiger charge is 2.63. The van der Waals surface area contributed by atoms with Crippen LogP contribution in [-0.2, 0) is 19.2 Å². The van der Waals surface area contributed by atoms with Crippen LogP contribution in [0.3, 0.4) is 0 Å². The fourth-order valence-electron chi connectivity index (χ4n) is 8.19. The third kappa shape index (κ3) is 3.35. The van der Waals surface area contributed by atoms with Gasteiger partial charge in [0.25, 0.3) is 0 Å². The lowest BCUT2D eigenvalue weighted by atomic mass is 9.43. The fourth-order valence-corrected chi connectivity index (χ4v) is 8.19. The topological polar surface area (TPSA) is 77.0 Å². The van der Waals surface area contributed by atoms with Crippen LogP contribution >= 0.6 is 0 Å². The summed E-state index contributed by atoms with van der Waals surface area (Å²) in [6.45, 7) is 6.52. The van der Waals surface area contributed by atoms with Crippen LogP contribution in [-0.4, -0.2) is 43.8 Å². The molecule has 1 aliphatic heterocycles. The molecule has 172 valence electrons. The summed E-state index contributed by atoms with van der Waals surface area (Å²) in [7, 11) is 1.52. The Kier molecular flexibility index (Phi) is 5.43. The number of ketones is 1. The van der Waals surface area contributed by atoms with E-state index in [0.29, 0.717) is 30.0 Å². The Morgan fingerprint density at radius 3 is 2.71 bits per heavy atom. The summed E-state index contributed by atoms with van der Waals surface area (Å²) in [6.07, 6.45) is 8.75. The quantitative estimate of drug-likeness (QED) is 0.545. The van der Waals surface area contributed by atoms with Crippen molar-refractivity contribution in [3.05, 3.63) is 0 Å². The van der Waals surface area contributed by atoms with E-state index < -0.39 is 0 Å². The number of nitrogens with one attached hydrogen (secondary N) is 1. The summed E-state index contributed by atoms with van der Waals surface area (Å²) in [5.41, 5.74) is 1.13. The molecule has 6 heteroatoms. The zero-order chi connectivity index (χ0) is 21.8. The first kappa shape index (κ1) is 21.4. The van der Waals surface area contributed by atoms with E-state index in [2.05, 4.69) is 24.3 Å². The third-order valence-corrected chi connectivity index (χ3v) is 10.1. The molecular formula is C25H38N2O4. The van der Waals surface area contributed by atoms with Gasteiger partial charge in [-0.3, -0.25) is 9.59 Å². The summed E-state index contributed by atoms with van der Waals surface area (Å²) in [5, 5.41) is 7.89. The summed E-state index contributed by atoms with van der Waals surface area (Å²) in [6, 6.07) is 0. The molecule has 6 nitrogen and oxygen atoms in total. The molecule has 1 heterocycles. The van der Waals surface area contributed by atoms with Crippen molar-refractivity contribution in [2.24, 2.45) is 45.6 Å². The van der Waals surface area contributed by atoms with Crippen molar-refractivity contribution in [3.8, 4) is 0 Å². The van der Waals surface area contributed by atoms with Gasteiger partial charge in [0.2, 0.25) is 0 Å². The van der Waals surface area contributed by atoms with E-state index in [1.807, 2.05) is 0 Å². The molecule has 31 heavy (non-hydrogen) atoms. The Hall–Kier alpha value is -1.43. The molecule has 8 atom stereocenters. The minimum atomic E-state index is -0.235. The number of esters is 1. The molecule has 5 rings (SSSR count). The third-order valence-electron chi connectivity index (χ3n) is 10.1. The number of oxime groups is 1. The number of methoxy groups -OCH3 is 1. The number of carbonyl (C=O) groups is 2. The van der Waals surface area contributed by atoms with E-state index >= 15 is 0 Å². The van der Waals surface area contributed by atoms with E-state index in [4.69, 9.17) is 9.57 Å². The van der Waals surface area contributed by atoms with Crippen molar-refractivity contribution in [2.45, 2.75) is 77.7 Å². The highest BCUT2D eigenvalue weighted by atomic mass is 16.6. The van der Waals surface area contributed by atoms with Crippen LogP contribution in [0.1, 0.15) is 71.6 Å². The molecule has 0 aromatic heterocycles. The fraction of sp³-hybridized carbons (Fsp3) is 0.880. The van der Waals surface area contributed by atoms with E-state index in [0.717, 1.165) is 70.2 Å². The molecule has 2 unspecified atom stereocenters. The SMILES string of the molecule is COC(=O)[C@@H]1CC2CC(=NOC3CCNC3)CC[C@]2(C)[C@H]2CC[C@]3(C)C(=O)CC[C@H]3[C@H]12. The Morgan fingerprint density at radius 2 is 1.97 bits per heavy atom. The second kappa shape index (κ2) is 7.86. The molecule has 5 aliphatic rings. The van der Waals surface area contributed by atoms with Gasteiger partial charge in [0, 0.05) is 24.8 Å². The van der Waals surface area contributed by atoms with Gasteiger partial charge in [-0.15, -0.1) is 0 Å². The van der Waals surface area contributed by atoms with Crippen molar-refractivity contribution in [1.82, 2.24) is 5.32 Å². The summed E-state index contributed by atoms with van der Waals surface area (Å²) in [5.74, 6) is 1.77. The monoisotopic (exact) mass is 430 g/mol. The Morgan fingerprint density at radius 1 is 1.13 bits per heavy atom. The number of hydrogen-bond acceptors (Lipinski definition) is 6. The van der Waals surface area contributed by atoms with Crippen LogP contribution in [0.4, 0.5) is 0 Å². The van der Waals surface area contributed by atoms with Gasteiger partial charge in [-0.2, -0.15) is 0 Å². The van der Waals surface area contributed by atoms with Gasteiger partial charge in [0.15, 0.2) is 0 Å². The van der Waals surface area contributed by atoms with Crippen molar-refractivity contribution >= 4 is 17.5 Å². The van der Waals surface area contributed by atoms with Gasteiger partial charge in [0.05, 0.1) is 18.7 Å². The van der Waals surface area contributed by atoms with Crippen LogP contribution in [0.15, 0.2) is 5.16 Å². The first-order valence-electron chi connectivity index (χ1n) is 12.4. The average molecular weight is 431 g/mol. The van der Waals surface area contributed by atoms with E-state index in [1.54, 1.807) is 0 Å². The number of rotatable bonds is 3. The van der Waals surface area contributed by atoms with Crippen LogP contribution in [0.5, 0.6) is 0 Å². The second-order valence-electron chi connectivity index (χ2n) is 11.4. The average Bonchev–Trinajstić information content (AvgIpc) is 3.39. The van der Waals surface area contributed by atoms with Gasteiger partial charge in [-0.1, -0.05) is 19.0 Å². The largest absolute Gasteiger partial charge is 0.469 e. The van der Waals surface area contributed by atoms with Crippen LogP contribution < -0.4 is 5.32 Å². The lowest BCUT2D eigenvalue weighted by Gasteiger charge is -2.61. The number of hydrogen-bond donors (Lipinski definition) is 1. The maximum atomic E-state index is 13.0. The maximum Gasteiger partial charge on any atom is 0.308 e. The van der Waals surface area contributed by atoms with Crippen LogP contribution in [0.25, 0.3) is 0 Å². The minimum absolute atomic E-state index is 0.0713. The Bertz CT molecular complexity index is 775. The molecule has 0 amide bonds. The lowest BCUT2D eigenvalue weighted by Crippen LogP contribution is -2.58. The molecule has 1 saturated heterocycles. The Labute approximate surface area is 185 Å². The molecule has 5 fully saturated rings. The van der Waals surface area contributed by atoms with E-state index in [-0.39, 0.29) is 34.7 Å². The predicted octanol–water partition coefficient (Wildman–Crippen LogP) is 3.73. The molecule has 0 aromatic carbocycles. The summed E-state index contributed by atoms with van der Waals surface area (Å²) in [4.78, 5) is 31.6. The van der Waals surface area contributed by atoms with Gasteiger partial charge < -0.3 is 14.9 Å². The molecule has 1 N–H and O–H groups in total. The molecule has 4 aliphatic carbocycles. The van der Waals surface area contributed by atoms with E-state index in [9.17, 15) is 9.59 Å². The second-order valence-corrected chi connectivity index (χ2v) is 11.4. The molecule has 0 radical (unpaired) electrons. The highest BCUT2D eigenvalue weighted by Crippen LogP contribution is 2.66. The standard InChI is InChI=1S/C25H38N2O4/c1-24-9-6-16(27-31-17-8-11-26-14-17)12-15(24)13-18(23(29)30-3)22-19-4-5-21(28)25(19,2)10-7-20(22)24/h15,17-20,22,26H,4-14H2,1-3H3/t15?,17?,18-,19+,20+,22+,24+,25+/m1/s1. The molecule has 0 aromatic rings. The van der Waals surface area contributed by atoms with E-state index in [1.165, 1.54) is 7.11 Å². The Balaban J connectivity index is 1.41. The lowest BCUT2D eigenvalue weighted by molar-refractivity contribution is -0.171. The minimum Gasteiger partial charge on any atom is -0.469 e. The van der Waals surface area contributed by atoms with Gasteiger partial charge in [-0.25, -0.2) is 0 Å². The zero-order valence-corrected chi connectivity index (χ0v) is 19.3. The van der Waals surface area contributed by atoms with Crippen LogP contribution in [0.2, 0.25) is 0 Å². The van der Waals surface area contributed by atoms with Crippen molar-refractivity contribution in [2.75, 3.05) is 20.2 Å². The highest BCUT2D eigenvalue weighted by molar-refractivity contribution is 5.88. The number of fused-ring (bicyclic) bond motifs is 5. The van der Waals surface area contributed by atoms with Crippen molar-refractivity contribution in [1.29, 1.82) is 0 Å². The summed E-state index contributed by atoms with van der Waals surface area (Å²) >= 11 is 0. The summed E-state index contributed by atoms with van der Waals surface area (Å²) < 4.78 is 5.32. The van der Waals surface area contributed by atoms with Gasteiger partial charge in [-0.05, 0) is 80.6 Å². The predicted molar refractivity (Wildman–Crippen MR) is 117 cm³/mol. The zero-order valence-electron chi connectivity index (χ0n) is 19.3. The first-order valence-corrected chi connectivity index (χ1v) is 12.4. The van der Waals surface area contributed by atoms with Crippen molar-refractivity contribution in [3.63, 3.8) is 0 Å². The first-order chi connectivity index (χ1) is 14.9. The smallest absolute Gasteiger partial charge is 0.308 e. The molecular weight excluding hydrogens is 392 g/mol. The molecule has 0 spiro atoms. The number of ether oxygens (including phenoxy) is 1. The van der Waals surface area contributed by atoms with Crippen molar-refractivity contribution < 1.29 is 19.2 Å². The maximum absolute atomic E-state index is 13.0. The number of nitrogens with zero attached hydrogens (tertiary/aromatic N) is 1. The number of Topliss-reactive ketones (excluding diaryl/α,β-unsaturated/α-hetero) is 1. The van der Waals surface area contributed by atoms with Crippen LogP contribution in [0, 0.1) is 40.4 Å².